The Hall–Kier alpha value is -1.28. The summed E-state index contributed by atoms with van der Waals surface area (Å²) in [6, 6.07) is 7.46. The summed E-state index contributed by atoms with van der Waals surface area (Å²) in [7, 11) is 0. The molecule has 0 spiro atoms. The van der Waals surface area contributed by atoms with Crippen molar-refractivity contribution in [1.29, 1.82) is 5.41 Å². The van der Waals surface area contributed by atoms with Crippen molar-refractivity contribution in [1.82, 2.24) is 0 Å². The summed E-state index contributed by atoms with van der Waals surface area (Å²) in [5.41, 5.74) is 7.09. The number of alkyl halides is 1. The molecule has 0 atom stereocenters. The summed E-state index contributed by atoms with van der Waals surface area (Å²) >= 11 is 5.50. The highest BCUT2D eigenvalue weighted by atomic mass is 35.5. The molecule has 0 bridgehead atoms. The standard InChI is InChI=1S/C10H11ClN2/c11-6-2-4-8-3-1-5-9(7-8)10(12)13/h1-5,7H,6H2,(H3,12,13). The van der Waals surface area contributed by atoms with Crippen molar-refractivity contribution in [3.8, 4) is 0 Å². The molecule has 0 aliphatic heterocycles. The third kappa shape index (κ3) is 2.92. The Balaban J connectivity index is 2.92. The van der Waals surface area contributed by atoms with Crippen LogP contribution < -0.4 is 5.73 Å². The lowest BCUT2D eigenvalue weighted by Crippen LogP contribution is -2.10. The fourth-order valence-corrected chi connectivity index (χ4v) is 1.08. The van der Waals surface area contributed by atoms with E-state index < -0.39 is 0 Å². The number of nitrogen functional groups attached to an aromatic ring is 1. The van der Waals surface area contributed by atoms with E-state index in [1.165, 1.54) is 0 Å². The van der Waals surface area contributed by atoms with Gasteiger partial charge in [0.2, 0.25) is 0 Å². The number of amidine groups is 1. The van der Waals surface area contributed by atoms with E-state index in [1.807, 2.05) is 30.4 Å². The van der Waals surface area contributed by atoms with Crippen molar-refractivity contribution >= 4 is 23.5 Å². The van der Waals surface area contributed by atoms with Gasteiger partial charge in [0.05, 0.1) is 0 Å². The minimum Gasteiger partial charge on any atom is -0.384 e. The minimum absolute atomic E-state index is 0.0844. The number of nitrogens with two attached hydrogens (primary N) is 1. The van der Waals surface area contributed by atoms with Crippen LogP contribution in [-0.4, -0.2) is 11.7 Å². The van der Waals surface area contributed by atoms with E-state index in [9.17, 15) is 0 Å². The molecule has 1 aromatic carbocycles. The maximum atomic E-state index is 7.24. The molecule has 0 radical (unpaired) electrons. The van der Waals surface area contributed by atoms with E-state index in [2.05, 4.69) is 0 Å². The van der Waals surface area contributed by atoms with Crippen LogP contribution in [0.25, 0.3) is 6.08 Å². The van der Waals surface area contributed by atoms with Crippen molar-refractivity contribution in [3.05, 3.63) is 41.5 Å². The van der Waals surface area contributed by atoms with Crippen molar-refractivity contribution < 1.29 is 0 Å². The van der Waals surface area contributed by atoms with Gasteiger partial charge in [-0.3, -0.25) is 5.41 Å². The minimum atomic E-state index is 0.0844. The highest BCUT2D eigenvalue weighted by molar-refractivity contribution is 6.19. The van der Waals surface area contributed by atoms with Gasteiger partial charge in [-0.1, -0.05) is 30.4 Å². The van der Waals surface area contributed by atoms with Crippen LogP contribution in [0.4, 0.5) is 0 Å². The number of hydrogen-bond acceptors (Lipinski definition) is 1. The molecule has 0 amide bonds. The Bertz CT molecular complexity index is 331. The molecule has 0 aromatic heterocycles. The van der Waals surface area contributed by atoms with Gasteiger partial charge >= 0.3 is 0 Å². The molecule has 0 aliphatic rings. The molecule has 3 N–H and O–H groups in total. The van der Waals surface area contributed by atoms with E-state index in [4.69, 9.17) is 22.7 Å². The first kappa shape index (κ1) is 9.81. The summed E-state index contributed by atoms with van der Waals surface area (Å²) < 4.78 is 0. The lowest BCUT2D eigenvalue weighted by atomic mass is 10.1. The van der Waals surface area contributed by atoms with Crippen LogP contribution in [0.3, 0.4) is 0 Å². The molecule has 68 valence electrons. The third-order valence-electron chi connectivity index (χ3n) is 1.60. The van der Waals surface area contributed by atoms with Gasteiger partial charge in [-0.2, -0.15) is 0 Å². The highest BCUT2D eigenvalue weighted by Gasteiger charge is 1.94. The van der Waals surface area contributed by atoms with Crippen molar-refractivity contribution in [2.24, 2.45) is 5.73 Å². The number of nitrogens with one attached hydrogen (secondary N) is 1. The molecule has 3 heteroatoms. The molecule has 0 aliphatic carbocycles. The summed E-state index contributed by atoms with van der Waals surface area (Å²) in [5.74, 6) is 0.575. The topological polar surface area (TPSA) is 49.9 Å². The van der Waals surface area contributed by atoms with Gasteiger partial charge in [-0.25, -0.2) is 0 Å². The summed E-state index contributed by atoms with van der Waals surface area (Å²) in [4.78, 5) is 0. The van der Waals surface area contributed by atoms with E-state index in [-0.39, 0.29) is 5.84 Å². The predicted octanol–water partition coefficient (Wildman–Crippen LogP) is 2.22. The molecule has 0 saturated heterocycles. The first-order valence-corrected chi connectivity index (χ1v) is 4.44. The number of benzene rings is 1. The summed E-state index contributed by atoms with van der Waals surface area (Å²) in [5, 5.41) is 7.24. The van der Waals surface area contributed by atoms with Crippen LogP contribution >= 0.6 is 11.6 Å². The Labute approximate surface area is 82.5 Å². The summed E-state index contributed by atoms with van der Waals surface area (Å²) in [6.07, 6.45) is 3.75. The summed E-state index contributed by atoms with van der Waals surface area (Å²) in [6.45, 7) is 0. The van der Waals surface area contributed by atoms with E-state index >= 15 is 0 Å². The van der Waals surface area contributed by atoms with Crippen LogP contribution in [-0.2, 0) is 0 Å². The van der Waals surface area contributed by atoms with Gasteiger partial charge in [-0.05, 0) is 11.6 Å². The van der Waals surface area contributed by atoms with Crippen molar-refractivity contribution in [2.45, 2.75) is 0 Å². The monoisotopic (exact) mass is 194 g/mol. The van der Waals surface area contributed by atoms with Gasteiger partial charge < -0.3 is 5.73 Å². The zero-order valence-corrected chi connectivity index (χ0v) is 7.88. The second kappa shape index (κ2) is 4.67. The second-order valence-electron chi connectivity index (χ2n) is 2.60. The van der Waals surface area contributed by atoms with Gasteiger partial charge in [0.1, 0.15) is 5.84 Å². The molecule has 0 unspecified atom stereocenters. The van der Waals surface area contributed by atoms with Gasteiger partial charge in [0, 0.05) is 11.4 Å². The van der Waals surface area contributed by atoms with Gasteiger partial charge in [-0.15, -0.1) is 11.6 Å². The number of halogens is 1. The Morgan fingerprint density at radius 1 is 1.54 bits per heavy atom. The van der Waals surface area contributed by atoms with E-state index in [0.717, 1.165) is 11.1 Å². The fourth-order valence-electron chi connectivity index (χ4n) is 0.990. The molecule has 0 saturated carbocycles. The van der Waals surface area contributed by atoms with Crippen LogP contribution in [0.2, 0.25) is 0 Å². The predicted molar refractivity (Wildman–Crippen MR) is 57.2 cm³/mol. The average molecular weight is 195 g/mol. The van der Waals surface area contributed by atoms with Crippen molar-refractivity contribution in [2.75, 3.05) is 5.88 Å². The maximum absolute atomic E-state index is 7.24. The quantitative estimate of drug-likeness (QED) is 0.433. The van der Waals surface area contributed by atoms with Crippen LogP contribution in [0.1, 0.15) is 11.1 Å². The normalized spacial score (nSPS) is 10.5. The molecule has 13 heavy (non-hydrogen) atoms. The Morgan fingerprint density at radius 2 is 2.31 bits per heavy atom. The fraction of sp³-hybridized carbons (Fsp3) is 0.100. The Kier molecular flexibility index (Phi) is 3.53. The molecule has 1 aromatic rings. The van der Waals surface area contributed by atoms with Crippen LogP contribution in [0.15, 0.2) is 30.3 Å². The first-order chi connectivity index (χ1) is 6.24. The number of allylic oxidation sites excluding steroid dienone is 1. The first-order valence-electron chi connectivity index (χ1n) is 3.91. The lowest BCUT2D eigenvalue weighted by Gasteiger charge is -1.98. The Morgan fingerprint density at radius 3 is 2.92 bits per heavy atom. The van der Waals surface area contributed by atoms with Gasteiger partial charge in [0.25, 0.3) is 0 Å². The highest BCUT2D eigenvalue weighted by Crippen LogP contribution is 2.06. The maximum Gasteiger partial charge on any atom is 0.122 e. The molecular weight excluding hydrogens is 184 g/mol. The van der Waals surface area contributed by atoms with Crippen molar-refractivity contribution in [3.63, 3.8) is 0 Å². The van der Waals surface area contributed by atoms with Gasteiger partial charge in [0.15, 0.2) is 0 Å². The van der Waals surface area contributed by atoms with E-state index in [0.29, 0.717) is 5.88 Å². The number of rotatable bonds is 3. The zero-order chi connectivity index (χ0) is 9.68. The lowest BCUT2D eigenvalue weighted by molar-refractivity contribution is 1.42. The molecule has 0 heterocycles. The van der Waals surface area contributed by atoms with Crippen LogP contribution in [0.5, 0.6) is 0 Å². The molecular formula is C10H11ClN2. The smallest absolute Gasteiger partial charge is 0.122 e. The average Bonchev–Trinajstić information content (AvgIpc) is 2.15. The number of hydrogen-bond donors (Lipinski definition) is 2. The zero-order valence-electron chi connectivity index (χ0n) is 7.13. The second-order valence-corrected chi connectivity index (χ2v) is 2.90. The van der Waals surface area contributed by atoms with E-state index in [1.54, 1.807) is 6.07 Å². The third-order valence-corrected chi connectivity index (χ3v) is 1.78. The molecule has 2 nitrogen and oxygen atoms in total. The largest absolute Gasteiger partial charge is 0.384 e. The van der Waals surface area contributed by atoms with Crippen LogP contribution in [0, 0.1) is 5.41 Å². The SMILES string of the molecule is N=C(N)c1cccc(C=CCCl)c1. The molecule has 1 rings (SSSR count). The molecule has 0 fully saturated rings.